The van der Waals surface area contributed by atoms with Crippen molar-refractivity contribution in [2.24, 2.45) is 0 Å². The normalized spacial score (nSPS) is 16.9. The Morgan fingerprint density at radius 2 is 1.33 bits per heavy atom. The van der Waals surface area contributed by atoms with Crippen LogP contribution in [0.3, 0.4) is 0 Å². The van der Waals surface area contributed by atoms with Gasteiger partial charge in [-0.2, -0.15) is 0 Å². The molecule has 0 aliphatic heterocycles. The topological polar surface area (TPSA) is 36.9 Å². The second-order valence-corrected chi connectivity index (χ2v) is 23.1. The van der Waals surface area contributed by atoms with Crippen molar-refractivity contribution in [3.8, 4) is 0 Å². The SMILES string of the molecule is [CH][Si](C)(C)O[Si](C)(CCCOC)O[Si](C)(C)O[Si](C)(C)C. The van der Waals surface area contributed by atoms with Crippen LogP contribution in [0.2, 0.25) is 58.4 Å². The van der Waals surface area contributed by atoms with Crippen molar-refractivity contribution < 1.29 is 17.1 Å². The van der Waals surface area contributed by atoms with E-state index in [2.05, 4.69) is 39.3 Å². The number of methoxy groups -OCH3 is 1. The third kappa shape index (κ3) is 11.9. The summed E-state index contributed by atoms with van der Waals surface area (Å²) >= 11 is 0. The summed E-state index contributed by atoms with van der Waals surface area (Å²) in [4.78, 5) is 0. The van der Waals surface area contributed by atoms with Crippen molar-refractivity contribution in [1.29, 1.82) is 0 Å². The van der Waals surface area contributed by atoms with Gasteiger partial charge in [0.1, 0.15) is 0 Å². The lowest BCUT2D eigenvalue weighted by Gasteiger charge is -2.41. The van der Waals surface area contributed by atoms with Gasteiger partial charge in [0, 0.05) is 13.7 Å². The Hall–Kier alpha value is 0.708. The predicted molar refractivity (Wildman–Crippen MR) is 98.8 cm³/mol. The molecule has 0 fully saturated rings. The van der Waals surface area contributed by atoms with Crippen LogP contribution in [0.25, 0.3) is 0 Å². The zero-order chi connectivity index (χ0) is 16.9. The standard InChI is InChI=1S/C13H34O4Si4/c1-14-12-11-13-21(10,16-19(5,6)7)17-20(8,9)15-18(2,3)4/h5H,11-13H2,1-4,6-10H3. The molecule has 4 nitrogen and oxygen atoms in total. The summed E-state index contributed by atoms with van der Waals surface area (Å²) in [5.41, 5.74) is 0. The van der Waals surface area contributed by atoms with Gasteiger partial charge in [-0.1, -0.05) is 0 Å². The Balaban J connectivity index is 4.95. The Morgan fingerprint density at radius 3 is 1.71 bits per heavy atom. The van der Waals surface area contributed by atoms with E-state index < -0.39 is 33.8 Å². The Kier molecular flexibility index (Phi) is 8.27. The van der Waals surface area contributed by atoms with E-state index in [1.807, 2.05) is 13.1 Å². The highest BCUT2D eigenvalue weighted by molar-refractivity contribution is 6.90. The monoisotopic (exact) mass is 366 g/mol. The van der Waals surface area contributed by atoms with Crippen molar-refractivity contribution in [3.05, 3.63) is 6.55 Å². The molecule has 2 radical (unpaired) electrons. The second-order valence-electron chi connectivity index (χ2n) is 7.65. The first-order valence-corrected chi connectivity index (χ1v) is 19.3. The first kappa shape index (κ1) is 21.7. The third-order valence-corrected chi connectivity index (χ3v) is 15.7. The van der Waals surface area contributed by atoms with Gasteiger partial charge >= 0.3 is 17.1 Å². The molecule has 0 saturated carbocycles. The van der Waals surface area contributed by atoms with Crippen molar-refractivity contribution in [2.75, 3.05) is 13.7 Å². The zero-order valence-electron chi connectivity index (χ0n) is 15.3. The molecule has 126 valence electrons. The van der Waals surface area contributed by atoms with Gasteiger partial charge in [0.15, 0.2) is 16.6 Å². The highest BCUT2D eigenvalue weighted by Gasteiger charge is 2.44. The van der Waals surface area contributed by atoms with Crippen LogP contribution in [0.4, 0.5) is 0 Å². The highest BCUT2D eigenvalue weighted by Crippen LogP contribution is 2.27. The van der Waals surface area contributed by atoms with Gasteiger partial charge in [-0.05, 0) is 71.4 Å². The van der Waals surface area contributed by atoms with E-state index >= 15 is 0 Å². The van der Waals surface area contributed by atoms with Crippen LogP contribution in [0, 0.1) is 6.55 Å². The summed E-state index contributed by atoms with van der Waals surface area (Å²) in [5.74, 6) is 0. The number of hydrogen-bond acceptors (Lipinski definition) is 4. The molecule has 0 aromatic rings. The molecule has 0 spiro atoms. The van der Waals surface area contributed by atoms with E-state index in [0.717, 1.165) is 19.1 Å². The minimum absolute atomic E-state index is 0.721. The minimum atomic E-state index is -2.34. The first-order chi connectivity index (χ1) is 9.18. The molecule has 0 rings (SSSR count). The van der Waals surface area contributed by atoms with Gasteiger partial charge in [-0.3, -0.25) is 0 Å². The number of rotatable bonds is 10. The maximum Gasteiger partial charge on any atom is 0.315 e. The molecule has 0 aromatic heterocycles. The molecular weight excluding hydrogens is 332 g/mol. The van der Waals surface area contributed by atoms with Crippen molar-refractivity contribution in [2.45, 2.75) is 64.8 Å². The van der Waals surface area contributed by atoms with Crippen molar-refractivity contribution >= 4 is 33.8 Å². The molecule has 0 bridgehead atoms. The van der Waals surface area contributed by atoms with E-state index in [9.17, 15) is 0 Å². The second kappa shape index (κ2) is 8.00. The minimum Gasteiger partial charge on any atom is -0.437 e. The molecular formula is C13H34O4Si4. The molecule has 21 heavy (non-hydrogen) atoms. The summed E-state index contributed by atoms with van der Waals surface area (Å²) < 4.78 is 24.2. The summed E-state index contributed by atoms with van der Waals surface area (Å²) in [6, 6.07) is 0.889. The summed E-state index contributed by atoms with van der Waals surface area (Å²) in [6.45, 7) is 23.8. The van der Waals surface area contributed by atoms with E-state index in [-0.39, 0.29) is 0 Å². The lowest BCUT2D eigenvalue weighted by atomic mass is 10.5. The average Bonchev–Trinajstić information content (AvgIpc) is 2.08. The van der Waals surface area contributed by atoms with Crippen molar-refractivity contribution in [3.63, 3.8) is 0 Å². The van der Waals surface area contributed by atoms with Crippen LogP contribution in [0.5, 0.6) is 0 Å². The van der Waals surface area contributed by atoms with Crippen LogP contribution in [0.1, 0.15) is 6.42 Å². The maximum absolute atomic E-state index is 6.49. The first-order valence-electron chi connectivity index (χ1n) is 7.56. The third-order valence-electron chi connectivity index (χ3n) is 2.47. The molecule has 0 heterocycles. The Labute approximate surface area is 136 Å². The fraction of sp³-hybridized carbons (Fsp3) is 0.923. The lowest BCUT2D eigenvalue weighted by molar-refractivity contribution is 0.195. The van der Waals surface area contributed by atoms with Gasteiger partial charge in [-0.25, -0.2) is 0 Å². The van der Waals surface area contributed by atoms with Gasteiger partial charge in [0.25, 0.3) is 0 Å². The van der Waals surface area contributed by atoms with Crippen molar-refractivity contribution in [1.82, 2.24) is 0 Å². The smallest absolute Gasteiger partial charge is 0.315 e. The largest absolute Gasteiger partial charge is 0.437 e. The molecule has 1 atom stereocenters. The fourth-order valence-corrected chi connectivity index (χ4v) is 19.7. The zero-order valence-corrected chi connectivity index (χ0v) is 19.3. The summed E-state index contributed by atoms with van der Waals surface area (Å²) in [5, 5.41) is 0. The van der Waals surface area contributed by atoms with Crippen LogP contribution < -0.4 is 0 Å². The van der Waals surface area contributed by atoms with Gasteiger partial charge in [0.05, 0.1) is 0 Å². The molecule has 0 aliphatic carbocycles. The molecule has 1 unspecified atom stereocenters. The van der Waals surface area contributed by atoms with E-state index in [0.29, 0.717) is 0 Å². The Bertz CT molecular complexity index is 312. The molecule has 0 aromatic carbocycles. The number of hydrogen-bond donors (Lipinski definition) is 0. The maximum atomic E-state index is 6.49. The summed E-state index contributed by atoms with van der Waals surface area (Å²) in [7, 11) is -6.60. The van der Waals surface area contributed by atoms with Gasteiger partial charge in [-0.15, -0.1) is 0 Å². The Morgan fingerprint density at radius 1 is 0.810 bits per heavy atom. The van der Waals surface area contributed by atoms with Crippen LogP contribution in [-0.4, -0.2) is 47.5 Å². The average molecular weight is 367 g/mol. The van der Waals surface area contributed by atoms with Crippen LogP contribution in [-0.2, 0) is 17.1 Å². The quantitative estimate of drug-likeness (QED) is 0.430. The fourth-order valence-electron chi connectivity index (χ4n) is 2.50. The van der Waals surface area contributed by atoms with Gasteiger partial charge in [0.2, 0.25) is 0 Å². The molecule has 0 N–H and O–H groups in total. The van der Waals surface area contributed by atoms with E-state index in [1.165, 1.54) is 0 Å². The highest BCUT2D eigenvalue weighted by atomic mass is 28.5. The molecule has 0 saturated heterocycles. The van der Waals surface area contributed by atoms with E-state index in [1.54, 1.807) is 7.11 Å². The molecule has 0 aliphatic rings. The predicted octanol–water partition coefficient (Wildman–Crippen LogP) is 4.14. The molecule has 0 amide bonds. The molecule has 8 heteroatoms. The van der Waals surface area contributed by atoms with Crippen LogP contribution in [0.15, 0.2) is 0 Å². The summed E-state index contributed by atoms with van der Waals surface area (Å²) in [6.07, 6.45) is 0.932. The number of ether oxygens (including phenoxy) is 1. The van der Waals surface area contributed by atoms with Crippen LogP contribution >= 0.6 is 0 Å². The van der Waals surface area contributed by atoms with E-state index in [4.69, 9.17) is 23.6 Å². The van der Waals surface area contributed by atoms with Gasteiger partial charge < -0.3 is 17.1 Å². The lowest BCUT2D eigenvalue weighted by Crippen LogP contribution is -2.57.